The van der Waals surface area contributed by atoms with Gasteiger partial charge in [0, 0.05) is 35.8 Å². The first-order valence-electron chi connectivity index (χ1n) is 15.8. The van der Waals surface area contributed by atoms with Crippen molar-refractivity contribution in [3.8, 4) is 11.4 Å². The predicted octanol–water partition coefficient (Wildman–Crippen LogP) is 8.45. The van der Waals surface area contributed by atoms with Gasteiger partial charge in [0.2, 0.25) is 0 Å². The highest BCUT2D eigenvalue weighted by molar-refractivity contribution is 6.00. The minimum atomic E-state index is -4.62. The standard InChI is InChI=1S/C36H39F4N5O3/c1-23-9-13-27(14-10-23)45-31(22-30(43-45)35(2,3)4)42-34(47)41-29-8-6-5-7-26(29)21-24-17-19-44(20-18-24)32(46)25-11-15-28(16-12-25)48-36(39,40)33(37)38/h5-16,22,24,33H,17-21H2,1-4H3,(H2,41,42,47). The van der Waals surface area contributed by atoms with E-state index >= 15 is 0 Å². The number of hydrogen-bond acceptors (Lipinski definition) is 4. The normalized spacial score (nSPS) is 14.2. The zero-order valence-electron chi connectivity index (χ0n) is 27.3. The number of carbonyl (C=O) groups excluding carboxylic acids is 2. The Hall–Kier alpha value is -4.87. The number of amides is 3. The number of likely N-dealkylation sites (tertiary alicyclic amines) is 1. The summed E-state index contributed by atoms with van der Waals surface area (Å²) < 4.78 is 57.1. The van der Waals surface area contributed by atoms with E-state index in [4.69, 9.17) is 5.10 Å². The Morgan fingerprint density at radius 1 is 0.938 bits per heavy atom. The highest BCUT2D eigenvalue weighted by Crippen LogP contribution is 2.30. The van der Waals surface area contributed by atoms with E-state index in [2.05, 4.69) is 36.1 Å². The maximum absolute atomic E-state index is 13.3. The zero-order valence-corrected chi connectivity index (χ0v) is 27.3. The fourth-order valence-corrected chi connectivity index (χ4v) is 5.51. The third kappa shape index (κ3) is 8.34. The molecule has 0 aliphatic carbocycles. The van der Waals surface area contributed by atoms with E-state index in [0.717, 1.165) is 47.5 Å². The summed E-state index contributed by atoms with van der Waals surface area (Å²) in [6.45, 7) is 9.18. The van der Waals surface area contributed by atoms with Crippen molar-refractivity contribution in [2.75, 3.05) is 23.7 Å². The van der Waals surface area contributed by atoms with Crippen molar-refractivity contribution in [3.05, 3.63) is 101 Å². The van der Waals surface area contributed by atoms with Crippen molar-refractivity contribution >= 4 is 23.4 Å². The molecule has 1 aliphatic heterocycles. The highest BCUT2D eigenvalue weighted by atomic mass is 19.3. The maximum Gasteiger partial charge on any atom is 0.461 e. The molecule has 1 aliphatic rings. The number of nitrogens with zero attached hydrogens (tertiary/aromatic N) is 3. The number of piperidine rings is 1. The molecular weight excluding hydrogens is 626 g/mol. The molecular formula is C36H39F4N5O3. The zero-order chi connectivity index (χ0) is 34.6. The highest BCUT2D eigenvalue weighted by Gasteiger charge is 2.44. The van der Waals surface area contributed by atoms with Crippen molar-refractivity contribution in [2.24, 2.45) is 5.92 Å². The second-order valence-corrected chi connectivity index (χ2v) is 13.1. The lowest BCUT2D eigenvalue weighted by Gasteiger charge is -2.32. The molecule has 2 heterocycles. The van der Waals surface area contributed by atoms with Crippen LogP contribution in [0.2, 0.25) is 0 Å². The summed E-state index contributed by atoms with van der Waals surface area (Å²) in [6, 6.07) is 21.7. The molecule has 1 fully saturated rings. The fraction of sp³-hybridized carbons (Fsp3) is 0.361. The van der Waals surface area contributed by atoms with Gasteiger partial charge in [0.15, 0.2) is 0 Å². The lowest BCUT2D eigenvalue weighted by Crippen LogP contribution is -2.39. The second-order valence-electron chi connectivity index (χ2n) is 13.1. The molecule has 3 aromatic carbocycles. The van der Waals surface area contributed by atoms with E-state index in [1.807, 2.05) is 61.5 Å². The molecule has 3 amide bonds. The molecule has 1 saturated heterocycles. The van der Waals surface area contributed by atoms with Gasteiger partial charge in [-0.3, -0.25) is 10.1 Å². The lowest BCUT2D eigenvalue weighted by molar-refractivity contribution is -0.253. The Labute approximate surface area is 277 Å². The summed E-state index contributed by atoms with van der Waals surface area (Å²) >= 11 is 0. The molecule has 0 bridgehead atoms. The van der Waals surface area contributed by atoms with E-state index in [1.54, 1.807) is 9.58 Å². The number of alkyl halides is 4. The van der Waals surface area contributed by atoms with Crippen LogP contribution in [0.5, 0.6) is 5.75 Å². The first kappa shape index (κ1) is 34.5. The Balaban J connectivity index is 1.19. The number of halogens is 4. The summed E-state index contributed by atoms with van der Waals surface area (Å²) in [4.78, 5) is 28.0. The van der Waals surface area contributed by atoms with Crippen molar-refractivity contribution in [3.63, 3.8) is 0 Å². The van der Waals surface area contributed by atoms with E-state index in [9.17, 15) is 27.2 Å². The molecule has 0 atom stereocenters. The third-order valence-electron chi connectivity index (χ3n) is 8.28. The molecule has 48 heavy (non-hydrogen) atoms. The molecule has 12 heteroatoms. The number of anilines is 2. The molecule has 0 unspecified atom stereocenters. The number of benzene rings is 3. The maximum atomic E-state index is 13.3. The van der Waals surface area contributed by atoms with E-state index in [-0.39, 0.29) is 22.8 Å². The Kier molecular flexibility index (Phi) is 10.1. The van der Waals surface area contributed by atoms with E-state index in [1.165, 1.54) is 12.1 Å². The number of hydrogen-bond donors (Lipinski definition) is 2. The molecule has 2 N–H and O–H groups in total. The van der Waals surface area contributed by atoms with Crippen molar-refractivity contribution < 1.29 is 31.9 Å². The molecule has 5 rings (SSSR count). The predicted molar refractivity (Wildman–Crippen MR) is 176 cm³/mol. The van der Waals surface area contributed by atoms with Gasteiger partial charge in [0.25, 0.3) is 5.91 Å². The lowest BCUT2D eigenvalue weighted by atomic mass is 9.89. The van der Waals surface area contributed by atoms with Crippen molar-refractivity contribution in [2.45, 2.75) is 64.9 Å². The van der Waals surface area contributed by atoms with Gasteiger partial charge in [0.1, 0.15) is 11.6 Å². The second kappa shape index (κ2) is 14.1. The van der Waals surface area contributed by atoms with Crippen LogP contribution in [0.15, 0.2) is 78.9 Å². The summed E-state index contributed by atoms with van der Waals surface area (Å²) in [7, 11) is 0. The Bertz CT molecular complexity index is 1730. The van der Waals surface area contributed by atoms with Crippen LogP contribution in [0.4, 0.5) is 33.9 Å². The van der Waals surface area contributed by atoms with E-state index in [0.29, 0.717) is 31.0 Å². The fourth-order valence-electron chi connectivity index (χ4n) is 5.51. The quantitative estimate of drug-likeness (QED) is 0.176. The van der Waals surface area contributed by atoms with Gasteiger partial charge in [-0.2, -0.15) is 22.7 Å². The number of nitrogens with one attached hydrogen (secondary N) is 2. The number of aryl methyl sites for hydroxylation is 1. The number of ether oxygens (including phenoxy) is 1. The van der Waals surface area contributed by atoms with Crippen LogP contribution in [0.3, 0.4) is 0 Å². The van der Waals surface area contributed by atoms with Crippen LogP contribution < -0.4 is 15.4 Å². The number of carbonyl (C=O) groups is 2. The SMILES string of the molecule is Cc1ccc(-n2nc(C(C)(C)C)cc2NC(=O)Nc2ccccc2CC2CCN(C(=O)c3ccc(OC(F)(F)C(F)F)cc3)CC2)cc1. The molecule has 0 radical (unpaired) electrons. The van der Waals surface area contributed by atoms with Crippen LogP contribution in [0.25, 0.3) is 5.69 Å². The summed E-state index contributed by atoms with van der Waals surface area (Å²) in [5.41, 5.74) is 4.46. The summed E-state index contributed by atoms with van der Waals surface area (Å²) in [5, 5.41) is 10.8. The van der Waals surface area contributed by atoms with Gasteiger partial charge in [-0.25, -0.2) is 9.48 Å². The van der Waals surface area contributed by atoms with Crippen molar-refractivity contribution in [1.29, 1.82) is 0 Å². The first-order valence-corrected chi connectivity index (χ1v) is 15.8. The summed E-state index contributed by atoms with van der Waals surface area (Å²) in [6.07, 6.45) is -6.45. The monoisotopic (exact) mass is 665 g/mol. The number of aromatic nitrogens is 2. The largest absolute Gasteiger partial charge is 0.461 e. The van der Waals surface area contributed by atoms with Crippen LogP contribution in [-0.4, -0.2) is 52.2 Å². The van der Waals surface area contributed by atoms with Gasteiger partial charge in [-0.05, 0) is 80.1 Å². The summed E-state index contributed by atoms with van der Waals surface area (Å²) in [5.74, 6) is 0.0655. The van der Waals surface area contributed by atoms with Crippen molar-refractivity contribution in [1.82, 2.24) is 14.7 Å². The molecule has 0 saturated carbocycles. The first-order chi connectivity index (χ1) is 22.7. The smallest absolute Gasteiger partial charge is 0.428 e. The van der Waals surface area contributed by atoms with Crippen LogP contribution >= 0.6 is 0 Å². The number of rotatable bonds is 9. The Morgan fingerprint density at radius 3 is 2.21 bits per heavy atom. The molecule has 254 valence electrons. The average molecular weight is 666 g/mol. The van der Waals surface area contributed by atoms with Crippen LogP contribution in [0, 0.1) is 12.8 Å². The number of para-hydroxylation sites is 1. The number of urea groups is 1. The van der Waals surface area contributed by atoms with Gasteiger partial charge in [0.05, 0.1) is 11.4 Å². The minimum absolute atomic E-state index is 0.228. The van der Waals surface area contributed by atoms with Crippen LogP contribution in [-0.2, 0) is 11.8 Å². The molecule has 4 aromatic rings. The average Bonchev–Trinajstić information content (AvgIpc) is 3.47. The molecule has 1 aromatic heterocycles. The van der Waals surface area contributed by atoms with Gasteiger partial charge in [-0.1, -0.05) is 56.7 Å². The topological polar surface area (TPSA) is 88.5 Å². The third-order valence-corrected chi connectivity index (χ3v) is 8.28. The van der Waals surface area contributed by atoms with Gasteiger partial charge < -0.3 is 15.0 Å². The van der Waals surface area contributed by atoms with Crippen LogP contribution in [0.1, 0.15) is 60.8 Å². The molecule has 0 spiro atoms. The molecule has 8 nitrogen and oxygen atoms in total. The van der Waals surface area contributed by atoms with E-state index < -0.39 is 24.3 Å². The minimum Gasteiger partial charge on any atom is -0.428 e. The van der Waals surface area contributed by atoms with Gasteiger partial charge in [-0.15, -0.1) is 0 Å². The van der Waals surface area contributed by atoms with Gasteiger partial charge >= 0.3 is 18.6 Å². The Morgan fingerprint density at radius 2 is 1.58 bits per heavy atom.